The van der Waals surface area contributed by atoms with Crippen molar-refractivity contribution in [3.63, 3.8) is 0 Å². The fraction of sp³-hybridized carbons (Fsp3) is 0.263. The number of hydrogen-bond donors (Lipinski definition) is 2. The zero-order valence-corrected chi connectivity index (χ0v) is 13.9. The molecular weight excluding hydrogens is 325 g/mol. The topological polar surface area (TPSA) is 75.6 Å². The summed E-state index contributed by atoms with van der Waals surface area (Å²) in [5.41, 5.74) is 2.85. The van der Waals surface area contributed by atoms with Gasteiger partial charge in [-0.3, -0.25) is 4.79 Å². The lowest BCUT2D eigenvalue weighted by atomic mass is 10.1. The van der Waals surface area contributed by atoms with Gasteiger partial charge >= 0.3 is 5.97 Å². The van der Waals surface area contributed by atoms with Gasteiger partial charge in [0.05, 0.1) is 6.42 Å². The van der Waals surface area contributed by atoms with Gasteiger partial charge in [0.15, 0.2) is 6.04 Å². The molecule has 2 N–H and O–H groups in total. The lowest BCUT2D eigenvalue weighted by molar-refractivity contribution is -0.142. The normalized spacial score (nSPS) is 11.6. The molecule has 2 aromatic carbocycles. The van der Waals surface area contributed by atoms with Gasteiger partial charge in [0.2, 0.25) is 5.91 Å². The highest BCUT2D eigenvalue weighted by Gasteiger charge is 2.19. The van der Waals surface area contributed by atoms with E-state index in [4.69, 9.17) is 9.84 Å². The van der Waals surface area contributed by atoms with Gasteiger partial charge in [-0.2, -0.15) is 0 Å². The number of aryl methyl sites for hydroxylation is 1. The molecule has 2 aromatic rings. The first kappa shape index (κ1) is 18.4. The fourth-order valence-corrected chi connectivity index (χ4v) is 2.28. The van der Waals surface area contributed by atoms with E-state index in [0.717, 1.165) is 11.1 Å². The van der Waals surface area contributed by atoms with E-state index in [-0.39, 0.29) is 6.42 Å². The monoisotopic (exact) mass is 345 g/mol. The van der Waals surface area contributed by atoms with Gasteiger partial charge in [0.25, 0.3) is 0 Å². The van der Waals surface area contributed by atoms with E-state index >= 15 is 0 Å². The molecule has 0 bridgehead atoms. The van der Waals surface area contributed by atoms with E-state index in [2.05, 4.69) is 5.32 Å². The second kappa shape index (κ2) is 8.82. The number of hydrogen-bond acceptors (Lipinski definition) is 3. The molecule has 2 rings (SSSR count). The van der Waals surface area contributed by atoms with Gasteiger partial charge < -0.3 is 15.2 Å². The molecule has 0 heterocycles. The summed E-state index contributed by atoms with van der Waals surface area (Å²) in [6, 6.07) is 13.3. The maximum atomic E-state index is 12.6. The minimum Gasteiger partial charge on any atom is -0.489 e. The van der Waals surface area contributed by atoms with Crippen molar-refractivity contribution in [3.8, 4) is 5.75 Å². The predicted octanol–water partition coefficient (Wildman–Crippen LogP) is 2.66. The van der Waals surface area contributed by atoms with E-state index in [9.17, 15) is 14.0 Å². The molecule has 132 valence electrons. The zero-order valence-electron chi connectivity index (χ0n) is 13.9. The van der Waals surface area contributed by atoms with Crippen LogP contribution in [0.25, 0.3) is 0 Å². The van der Waals surface area contributed by atoms with Gasteiger partial charge in [-0.1, -0.05) is 36.4 Å². The molecule has 0 aromatic heterocycles. The molecule has 0 saturated heterocycles. The average Bonchev–Trinajstić information content (AvgIpc) is 2.59. The highest BCUT2D eigenvalue weighted by atomic mass is 19.1. The van der Waals surface area contributed by atoms with Crippen molar-refractivity contribution < 1.29 is 23.8 Å². The number of nitrogens with one attached hydrogen (secondary N) is 1. The highest BCUT2D eigenvalue weighted by Crippen LogP contribution is 2.17. The standard InChI is InChI=1S/C19H20FNO4/c1-13-5-2-3-7-15(13)12-25-16-8-4-6-14(9-16)10-18(22)21-17(11-20)19(23)24/h2-9,17H,10-12H2,1H3,(H,21,22)(H,23,24). The number of carboxylic acids is 1. The van der Waals surface area contributed by atoms with E-state index in [0.29, 0.717) is 17.9 Å². The molecule has 1 unspecified atom stereocenters. The summed E-state index contributed by atoms with van der Waals surface area (Å²) >= 11 is 0. The smallest absolute Gasteiger partial charge is 0.328 e. The van der Waals surface area contributed by atoms with Crippen LogP contribution >= 0.6 is 0 Å². The van der Waals surface area contributed by atoms with Crippen molar-refractivity contribution in [2.45, 2.75) is 26.0 Å². The third kappa shape index (κ3) is 5.60. The summed E-state index contributed by atoms with van der Waals surface area (Å²) in [4.78, 5) is 22.6. The third-order valence-corrected chi connectivity index (χ3v) is 3.71. The van der Waals surface area contributed by atoms with E-state index in [1.54, 1.807) is 24.3 Å². The molecule has 0 aliphatic rings. The summed E-state index contributed by atoms with van der Waals surface area (Å²) in [5, 5.41) is 10.9. The average molecular weight is 345 g/mol. The predicted molar refractivity (Wildman–Crippen MR) is 91.2 cm³/mol. The van der Waals surface area contributed by atoms with Crippen LogP contribution in [0.2, 0.25) is 0 Å². The number of carboxylic acid groups (broad SMARTS) is 1. The molecular formula is C19H20FNO4. The summed E-state index contributed by atoms with van der Waals surface area (Å²) in [6.07, 6.45) is -0.0503. The Morgan fingerprint density at radius 2 is 1.96 bits per heavy atom. The number of rotatable bonds is 8. The van der Waals surface area contributed by atoms with Crippen LogP contribution in [0.4, 0.5) is 4.39 Å². The Hall–Kier alpha value is -2.89. The summed E-state index contributed by atoms with van der Waals surface area (Å²) in [7, 11) is 0. The van der Waals surface area contributed by atoms with Crippen LogP contribution in [0.3, 0.4) is 0 Å². The molecule has 0 saturated carbocycles. The van der Waals surface area contributed by atoms with Gasteiger partial charge in [-0.15, -0.1) is 0 Å². The van der Waals surface area contributed by atoms with Gasteiger partial charge in [-0.25, -0.2) is 9.18 Å². The number of carbonyl (C=O) groups excluding carboxylic acids is 1. The Kier molecular flexibility index (Phi) is 6.51. The van der Waals surface area contributed by atoms with Crippen LogP contribution < -0.4 is 10.1 Å². The van der Waals surface area contributed by atoms with Gasteiger partial charge in [0, 0.05) is 0 Å². The first-order valence-electron chi connectivity index (χ1n) is 7.84. The molecule has 0 aliphatic heterocycles. The third-order valence-electron chi connectivity index (χ3n) is 3.71. The molecule has 0 spiro atoms. The van der Waals surface area contributed by atoms with Crippen molar-refractivity contribution in [1.29, 1.82) is 0 Å². The first-order valence-corrected chi connectivity index (χ1v) is 7.84. The second-order valence-corrected chi connectivity index (χ2v) is 5.65. The number of amides is 1. The summed E-state index contributed by atoms with van der Waals surface area (Å²) in [5.74, 6) is -1.35. The number of benzene rings is 2. The lowest BCUT2D eigenvalue weighted by Gasteiger charge is -2.12. The molecule has 0 aliphatic carbocycles. The van der Waals surface area contributed by atoms with Crippen LogP contribution in [-0.2, 0) is 22.6 Å². The molecule has 5 nitrogen and oxygen atoms in total. The SMILES string of the molecule is Cc1ccccc1COc1cccc(CC(=O)NC(CF)C(=O)O)c1. The largest absolute Gasteiger partial charge is 0.489 e. The maximum absolute atomic E-state index is 12.6. The second-order valence-electron chi connectivity index (χ2n) is 5.65. The Labute approximate surface area is 145 Å². The van der Waals surface area contributed by atoms with Gasteiger partial charge in [-0.05, 0) is 35.7 Å². The number of ether oxygens (including phenoxy) is 1. The fourth-order valence-electron chi connectivity index (χ4n) is 2.28. The summed E-state index contributed by atoms with van der Waals surface area (Å²) in [6.45, 7) is 1.26. The van der Waals surface area contributed by atoms with Crippen LogP contribution in [0.5, 0.6) is 5.75 Å². The van der Waals surface area contributed by atoms with E-state index < -0.39 is 24.6 Å². The highest BCUT2D eigenvalue weighted by molar-refractivity contribution is 5.84. The Balaban J connectivity index is 1.95. The minimum atomic E-state index is -1.52. The maximum Gasteiger partial charge on any atom is 0.328 e. The quantitative estimate of drug-likeness (QED) is 0.771. The number of alkyl halides is 1. The number of halogens is 1. The Bertz CT molecular complexity index is 748. The molecule has 25 heavy (non-hydrogen) atoms. The van der Waals surface area contributed by atoms with E-state index in [1.807, 2.05) is 31.2 Å². The van der Waals surface area contributed by atoms with E-state index in [1.165, 1.54) is 0 Å². The molecule has 6 heteroatoms. The van der Waals surface area contributed by atoms with Crippen LogP contribution in [-0.4, -0.2) is 29.7 Å². The Morgan fingerprint density at radius 1 is 1.20 bits per heavy atom. The van der Waals surface area contributed by atoms with Crippen molar-refractivity contribution in [3.05, 3.63) is 65.2 Å². The molecule has 0 fully saturated rings. The molecule has 1 amide bonds. The minimum absolute atomic E-state index is 0.0503. The number of aliphatic carboxylic acids is 1. The molecule has 0 radical (unpaired) electrons. The summed E-state index contributed by atoms with van der Waals surface area (Å²) < 4.78 is 18.3. The lowest BCUT2D eigenvalue weighted by Crippen LogP contribution is -2.43. The van der Waals surface area contributed by atoms with Crippen molar-refractivity contribution in [1.82, 2.24) is 5.32 Å². The van der Waals surface area contributed by atoms with Gasteiger partial charge in [0.1, 0.15) is 19.0 Å². The molecule has 1 atom stereocenters. The van der Waals surface area contributed by atoms with Crippen molar-refractivity contribution >= 4 is 11.9 Å². The Morgan fingerprint density at radius 3 is 2.64 bits per heavy atom. The van der Waals surface area contributed by atoms with Crippen LogP contribution in [0.15, 0.2) is 48.5 Å². The number of carbonyl (C=O) groups is 2. The van der Waals surface area contributed by atoms with Crippen molar-refractivity contribution in [2.75, 3.05) is 6.67 Å². The zero-order chi connectivity index (χ0) is 18.2. The van der Waals surface area contributed by atoms with Crippen molar-refractivity contribution in [2.24, 2.45) is 0 Å². The first-order chi connectivity index (χ1) is 12.0. The van der Waals surface area contributed by atoms with Crippen LogP contribution in [0.1, 0.15) is 16.7 Å². The van der Waals surface area contributed by atoms with Crippen LogP contribution in [0, 0.1) is 6.92 Å².